The van der Waals surface area contributed by atoms with Crippen LogP contribution in [-0.4, -0.2) is 54.0 Å². The molecule has 1 aliphatic heterocycles. The Hall–Kier alpha value is -3.86. The van der Waals surface area contributed by atoms with Crippen molar-refractivity contribution >= 4 is 17.8 Å². The summed E-state index contributed by atoms with van der Waals surface area (Å²) in [6.07, 6.45) is 2.28. The molecule has 3 rings (SSSR count). The molecule has 2 N–H and O–H groups in total. The van der Waals surface area contributed by atoms with E-state index in [4.69, 9.17) is 15.1 Å². The highest BCUT2D eigenvalue weighted by Gasteiger charge is 2.33. The Labute approximate surface area is 211 Å². The summed E-state index contributed by atoms with van der Waals surface area (Å²) in [6, 6.07) is 16.8. The van der Waals surface area contributed by atoms with Gasteiger partial charge >= 0.3 is 5.97 Å². The van der Waals surface area contributed by atoms with E-state index in [1.54, 1.807) is 24.3 Å². The van der Waals surface area contributed by atoms with Gasteiger partial charge in [-0.05, 0) is 67.5 Å². The monoisotopic (exact) mass is 491 g/mol. The van der Waals surface area contributed by atoms with Gasteiger partial charge in [0.25, 0.3) is 0 Å². The van der Waals surface area contributed by atoms with Crippen molar-refractivity contribution in [3.05, 3.63) is 65.2 Å². The molecule has 8 heteroatoms. The molecular weight excluding hydrogens is 458 g/mol. The molecule has 1 atom stereocenters. The number of amides is 2. The van der Waals surface area contributed by atoms with Gasteiger partial charge in [-0.2, -0.15) is 5.26 Å². The highest BCUT2D eigenvalue weighted by atomic mass is 16.5. The van der Waals surface area contributed by atoms with Crippen LogP contribution < -0.4 is 10.1 Å². The van der Waals surface area contributed by atoms with Crippen molar-refractivity contribution in [1.29, 1.82) is 5.26 Å². The summed E-state index contributed by atoms with van der Waals surface area (Å²) in [5.41, 5.74) is 2.39. The summed E-state index contributed by atoms with van der Waals surface area (Å²) in [5.74, 6) is -0.726. The number of aryl methyl sites for hydroxylation is 1. The molecule has 2 aromatic carbocycles. The molecule has 0 spiro atoms. The van der Waals surface area contributed by atoms with Crippen molar-refractivity contribution in [3.8, 4) is 11.8 Å². The average molecular weight is 492 g/mol. The standard InChI is InChI=1S/C28H33N3O5/c1-2-36-24-10-5-20(6-11-24)7-12-25(32)31-17-14-23(15-18-31)27(28(35)30-16-13-26(33)34)22-8-3-21(19-29)4-9-22/h3-6,8-11,23,27H,2,7,12-18H2,1H3,(H,30,35)(H,33,34)/t27-/m1/s1. The molecule has 2 amide bonds. The van der Waals surface area contributed by atoms with Gasteiger partial charge in [0, 0.05) is 26.1 Å². The van der Waals surface area contributed by atoms with Crippen LogP contribution >= 0.6 is 0 Å². The van der Waals surface area contributed by atoms with E-state index in [2.05, 4.69) is 11.4 Å². The van der Waals surface area contributed by atoms with Gasteiger partial charge in [0.05, 0.1) is 30.6 Å². The van der Waals surface area contributed by atoms with Gasteiger partial charge in [-0.3, -0.25) is 14.4 Å². The predicted molar refractivity (Wildman–Crippen MR) is 134 cm³/mol. The summed E-state index contributed by atoms with van der Waals surface area (Å²) in [5, 5.41) is 20.7. The molecule has 0 unspecified atom stereocenters. The fraction of sp³-hybridized carbons (Fsp3) is 0.429. The summed E-state index contributed by atoms with van der Waals surface area (Å²) in [4.78, 5) is 38.6. The maximum atomic E-state index is 13.1. The van der Waals surface area contributed by atoms with Crippen molar-refractivity contribution in [1.82, 2.24) is 10.2 Å². The molecular formula is C28H33N3O5. The summed E-state index contributed by atoms with van der Waals surface area (Å²) in [6.45, 7) is 3.76. The van der Waals surface area contributed by atoms with E-state index in [9.17, 15) is 14.4 Å². The number of rotatable bonds is 11. The first-order valence-electron chi connectivity index (χ1n) is 12.4. The molecule has 190 valence electrons. The molecule has 1 fully saturated rings. The molecule has 36 heavy (non-hydrogen) atoms. The Balaban J connectivity index is 1.58. The van der Waals surface area contributed by atoms with Crippen LogP contribution in [0.25, 0.3) is 0 Å². The van der Waals surface area contributed by atoms with Gasteiger partial charge in [0.2, 0.25) is 11.8 Å². The van der Waals surface area contributed by atoms with Crippen LogP contribution in [0.5, 0.6) is 5.75 Å². The second kappa shape index (κ2) is 13.3. The minimum absolute atomic E-state index is 0.0120. The molecule has 0 bridgehead atoms. The number of carboxylic acids is 1. The van der Waals surface area contributed by atoms with Crippen molar-refractivity contribution in [2.75, 3.05) is 26.2 Å². The molecule has 8 nitrogen and oxygen atoms in total. The zero-order valence-corrected chi connectivity index (χ0v) is 20.6. The van der Waals surface area contributed by atoms with E-state index in [0.717, 1.165) is 16.9 Å². The zero-order valence-electron chi connectivity index (χ0n) is 20.6. The van der Waals surface area contributed by atoms with Crippen LogP contribution in [0.15, 0.2) is 48.5 Å². The molecule has 1 heterocycles. The van der Waals surface area contributed by atoms with E-state index >= 15 is 0 Å². The first-order valence-corrected chi connectivity index (χ1v) is 12.4. The minimum Gasteiger partial charge on any atom is -0.494 e. The quantitative estimate of drug-likeness (QED) is 0.496. The van der Waals surface area contributed by atoms with Crippen LogP contribution in [0.4, 0.5) is 0 Å². The third-order valence-corrected chi connectivity index (χ3v) is 6.55. The summed E-state index contributed by atoms with van der Waals surface area (Å²) >= 11 is 0. The number of carboxylic acid groups (broad SMARTS) is 1. The first-order chi connectivity index (χ1) is 17.4. The maximum absolute atomic E-state index is 13.1. The van der Waals surface area contributed by atoms with Crippen molar-refractivity contribution in [2.45, 2.75) is 44.9 Å². The molecule has 0 radical (unpaired) electrons. The Morgan fingerprint density at radius 3 is 2.33 bits per heavy atom. The number of carbonyl (C=O) groups is 3. The summed E-state index contributed by atoms with van der Waals surface area (Å²) in [7, 11) is 0. The lowest BCUT2D eigenvalue weighted by molar-refractivity contribution is -0.137. The fourth-order valence-electron chi connectivity index (χ4n) is 4.62. The Bertz CT molecular complexity index is 1070. The second-order valence-corrected chi connectivity index (χ2v) is 8.94. The Morgan fingerprint density at radius 1 is 1.08 bits per heavy atom. The third-order valence-electron chi connectivity index (χ3n) is 6.55. The van der Waals surface area contributed by atoms with Gasteiger partial charge in [-0.1, -0.05) is 24.3 Å². The lowest BCUT2D eigenvalue weighted by Crippen LogP contribution is -2.43. The van der Waals surface area contributed by atoms with E-state index < -0.39 is 11.9 Å². The SMILES string of the molecule is CCOc1ccc(CCC(=O)N2CCC([C@H](C(=O)NCCC(=O)O)c3ccc(C#N)cc3)CC2)cc1. The van der Waals surface area contributed by atoms with Gasteiger partial charge in [0.1, 0.15) is 5.75 Å². The van der Waals surface area contributed by atoms with E-state index in [0.29, 0.717) is 50.9 Å². The molecule has 1 aliphatic rings. The number of benzene rings is 2. The number of likely N-dealkylation sites (tertiary alicyclic amines) is 1. The predicted octanol–water partition coefficient (Wildman–Crippen LogP) is 3.50. The van der Waals surface area contributed by atoms with Gasteiger partial charge in [-0.15, -0.1) is 0 Å². The average Bonchev–Trinajstić information content (AvgIpc) is 2.89. The number of ether oxygens (including phenoxy) is 1. The molecule has 0 aromatic heterocycles. The second-order valence-electron chi connectivity index (χ2n) is 8.94. The molecule has 2 aromatic rings. The van der Waals surface area contributed by atoms with Crippen LogP contribution in [0.1, 0.15) is 55.2 Å². The van der Waals surface area contributed by atoms with Crippen LogP contribution in [0.2, 0.25) is 0 Å². The maximum Gasteiger partial charge on any atom is 0.305 e. The van der Waals surface area contributed by atoms with E-state index in [1.807, 2.05) is 36.1 Å². The lowest BCUT2D eigenvalue weighted by Gasteiger charge is -2.36. The fourth-order valence-corrected chi connectivity index (χ4v) is 4.62. The lowest BCUT2D eigenvalue weighted by atomic mass is 9.79. The van der Waals surface area contributed by atoms with E-state index in [-0.39, 0.29) is 30.7 Å². The normalized spacial score (nSPS) is 14.5. The van der Waals surface area contributed by atoms with Crippen molar-refractivity contribution in [2.24, 2.45) is 5.92 Å². The van der Waals surface area contributed by atoms with Crippen molar-refractivity contribution < 1.29 is 24.2 Å². The summed E-state index contributed by atoms with van der Waals surface area (Å²) < 4.78 is 5.46. The largest absolute Gasteiger partial charge is 0.494 e. The van der Waals surface area contributed by atoms with Gasteiger partial charge < -0.3 is 20.1 Å². The number of nitrogens with one attached hydrogen (secondary N) is 1. The number of hydrogen-bond donors (Lipinski definition) is 2. The number of nitrogens with zero attached hydrogens (tertiary/aromatic N) is 2. The highest BCUT2D eigenvalue weighted by Crippen LogP contribution is 2.33. The Kier molecular flexibility index (Phi) is 9.87. The number of hydrogen-bond acceptors (Lipinski definition) is 5. The van der Waals surface area contributed by atoms with Crippen LogP contribution in [0.3, 0.4) is 0 Å². The molecule has 1 saturated heterocycles. The van der Waals surface area contributed by atoms with Crippen molar-refractivity contribution in [3.63, 3.8) is 0 Å². The highest BCUT2D eigenvalue weighted by molar-refractivity contribution is 5.84. The topological polar surface area (TPSA) is 120 Å². The Morgan fingerprint density at radius 2 is 1.75 bits per heavy atom. The molecule has 0 aliphatic carbocycles. The minimum atomic E-state index is -0.970. The number of carbonyl (C=O) groups excluding carboxylic acids is 2. The van der Waals surface area contributed by atoms with E-state index in [1.165, 1.54) is 0 Å². The van der Waals surface area contributed by atoms with Crippen LogP contribution in [0, 0.1) is 17.2 Å². The number of aliphatic carboxylic acids is 1. The van der Waals surface area contributed by atoms with Gasteiger partial charge in [-0.25, -0.2) is 0 Å². The smallest absolute Gasteiger partial charge is 0.305 e. The third kappa shape index (κ3) is 7.57. The van der Waals surface area contributed by atoms with Crippen LogP contribution in [-0.2, 0) is 20.8 Å². The number of piperidine rings is 1. The number of nitriles is 1. The molecule has 0 saturated carbocycles. The zero-order chi connectivity index (χ0) is 25.9. The first kappa shape index (κ1) is 26.7. The van der Waals surface area contributed by atoms with Gasteiger partial charge in [0.15, 0.2) is 0 Å².